The van der Waals surface area contributed by atoms with Crippen molar-refractivity contribution in [3.05, 3.63) is 22.7 Å². The number of halogens is 1. The SMILES string of the molecule is CCCOCCCNS(=O)(=O)c1cc(Br)ccc1OC. The minimum Gasteiger partial charge on any atom is -0.495 e. The van der Waals surface area contributed by atoms with Crippen LogP contribution < -0.4 is 9.46 Å². The van der Waals surface area contributed by atoms with Crippen molar-refractivity contribution in [1.29, 1.82) is 0 Å². The summed E-state index contributed by atoms with van der Waals surface area (Å²) in [6.07, 6.45) is 1.59. The largest absolute Gasteiger partial charge is 0.495 e. The maximum atomic E-state index is 12.2. The predicted molar refractivity (Wildman–Crippen MR) is 81.6 cm³/mol. The Bertz CT molecular complexity index is 519. The van der Waals surface area contributed by atoms with Crippen molar-refractivity contribution >= 4 is 26.0 Å². The fraction of sp³-hybridized carbons (Fsp3) is 0.538. The van der Waals surface area contributed by atoms with Crippen LogP contribution in [0.15, 0.2) is 27.6 Å². The van der Waals surface area contributed by atoms with E-state index in [0.717, 1.165) is 6.42 Å². The van der Waals surface area contributed by atoms with Crippen molar-refractivity contribution in [3.8, 4) is 5.75 Å². The molecule has 1 N–H and O–H groups in total. The number of nitrogens with one attached hydrogen (secondary N) is 1. The molecule has 0 aromatic heterocycles. The standard InChI is InChI=1S/C13H20BrNO4S/c1-3-8-19-9-4-7-15-20(16,17)13-10-11(14)5-6-12(13)18-2/h5-6,10,15H,3-4,7-9H2,1-2H3. The summed E-state index contributed by atoms with van der Waals surface area (Å²) < 4.78 is 38.0. The quantitative estimate of drug-likeness (QED) is 0.683. The summed E-state index contributed by atoms with van der Waals surface area (Å²) >= 11 is 3.26. The Morgan fingerprint density at radius 1 is 1.30 bits per heavy atom. The first-order valence-corrected chi connectivity index (χ1v) is 8.70. The Labute approximate surface area is 128 Å². The van der Waals surface area contributed by atoms with E-state index in [1.807, 2.05) is 6.92 Å². The zero-order valence-corrected chi connectivity index (χ0v) is 14.1. The summed E-state index contributed by atoms with van der Waals surface area (Å²) in [4.78, 5) is 0.129. The Morgan fingerprint density at radius 2 is 2.05 bits per heavy atom. The van der Waals surface area contributed by atoms with Gasteiger partial charge < -0.3 is 9.47 Å². The van der Waals surface area contributed by atoms with Crippen LogP contribution in [0.4, 0.5) is 0 Å². The molecular formula is C13H20BrNO4S. The van der Waals surface area contributed by atoms with E-state index in [0.29, 0.717) is 36.4 Å². The Balaban J connectivity index is 2.62. The van der Waals surface area contributed by atoms with Gasteiger partial charge in [0, 0.05) is 24.2 Å². The normalized spacial score (nSPS) is 11.6. The molecule has 0 aliphatic heterocycles. The second kappa shape index (κ2) is 8.61. The van der Waals surface area contributed by atoms with Gasteiger partial charge in [-0.25, -0.2) is 13.1 Å². The molecule has 1 aromatic carbocycles. The maximum absolute atomic E-state index is 12.2. The van der Waals surface area contributed by atoms with E-state index in [-0.39, 0.29) is 4.90 Å². The first-order chi connectivity index (χ1) is 9.51. The number of methoxy groups -OCH3 is 1. The van der Waals surface area contributed by atoms with Gasteiger partial charge in [-0.2, -0.15) is 0 Å². The molecule has 5 nitrogen and oxygen atoms in total. The van der Waals surface area contributed by atoms with Gasteiger partial charge >= 0.3 is 0 Å². The monoisotopic (exact) mass is 365 g/mol. The maximum Gasteiger partial charge on any atom is 0.244 e. The fourth-order valence-corrected chi connectivity index (χ4v) is 3.34. The molecule has 0 aliphatic carbocycles. The number of rotatable bonds is 9. The van der Waals surface area contributed by atoms with Crippen molar-refractivity contribution in [2.75, 3.05) is 26.9 Å². The molecule has 1 rings (SSSR count). The zero-order valence-electron chi connectivity index (χ0n) is 11.7. The second-order valence-corrected chi connectivity index (χ2v) is 6.81. The Kier molecular flexibility index (Phi) is 7.50. The highest BCUT2D eigenvalue weighted by Crippen LogP contribution is 2.26. The zero-order chi connectivity index (χ0) is 15.0. The van der Waals surface area contributed by atoms with Crippen molar-refractivity contribution in [2.45, 2.75) is 24.7 Å². The molecule has 114 valence electrons. The van der Waals surface area contributed by atoms with Crippen LogP contribution >= 0.6 is 15.9 Å². The smallest absolute Gasteiger partial charge is 0.244 e. The third-order valence-electron chi connectivity index (χ3n) is 2.52. The highest BCUT2D eigenvalue weighted by Gasteiger charge is 2.19. The van der Waals surface area contributed by atoms with Crippen molar-refractivity contribution < 1.29 is 17.9 Å². The molecular weight excluding hydrogens is 346 g/mol. The lowest BCUT2D eigenvalue weighted by molar-refractivity contribution is 0.133. The summed E-state index contributed by atoms with van der Waals surface area (Å²) in [7, 11) is -2.13. The van der Waals surface area contributed by atoms with Gasteiger partial charge in [0.1, 0.15) is 10.6 Å². The van der Waals surface area contributed by atoms with E-state index in [4.69, 9.17) is 9.47 Å². The summed E-state index contributed by atoms with van der Waals surface area (Å²) in [5.41, 5.74) is 0. The van der Waals surface area contributed by atoms with E-state index < -0.39 is 10.0 Å². The van der Waals surface area contributed by atoms with Crippen LogP contribution in [0, 0.1) is 0 Å². The van der Waals surface area contributed by atoms with Gasteiger partial charge in [0.25, 0.3) is 0 Å². The summed E-state index contributed by atoms with van der Waals surface area (Å²) in [5.74, 6) is 0.322. The number of benzene rings is 1. The average molecular weight is 366 g/mol. The third kappa shape index (κ3) is 5.40. The van der Waals surface area contributed by atoms with Crippen LogP contribution in [0.1, 0.15) is 19.8 Å². The third-order valence-corrected chi connectivity index (χ3v) is 4.50. The Morgan fingerprint density at radius 3 is 2.70 bits per heavy atom. The molecule has 0 saturated carbocycles. The van der Waals surface area contributed by atoms with Crippen LogP contribution in [0.2, 0.25) is 0 Å². The van der Waals surface area contributed by atoms with Crippen molar-refractivity contribution in [3.63, 3.8) is 0 Å². The summed E-state index contributed by atoms with van der Waals surface area (Å²) in [5, 5.41) is 0. The van der Waals surface area contributed by atoms with Crippen molar-refractivity contribution in [2.24, 2.45) is 0 Å². The predicted octanol–water partition coefficient (Wildman–Crippen LogP) is 2.55. The van der Waals surface area contributed by atoms with Crippen molar-refractivity contribution in [1.82, 2.24) is 4.72 Å². The molecule has 0 fully saturated rings. The number of hydrogen-bond donors (Lipinski definition) is 1. The highest BCUT2D eigenvalue weighted by molar-refractivity contribution is 9.10. The molecule has 0 unspecified atom stereocenters. The fourth-order valence-electron chi connectivity index (χ4n) is 1.57. The average Bonchev–Trinajstić information content (AvgIpc) is 2.42. The molecule has 0 atom stereocenters. The van der Waals surface area contributed by atoms with Gasteiger partial charge in [-0.05, 0) is 31.0 Å². The van der Waals surface area contributed by atoms with E-state index in [9.17, 15) is 8.42 Å². The van der Waals surface area contributed by atoms with Gasteiger partial charge in [-0.3, -0.25) is 0 Å². The molecule has 0 bridgehead atoms. The van der Waals surface area contributed by atoms with E-state index in [1.165, 1.54) is 13.2 Å². The van der Waals surface area contributed by atoms with Gasteiger partial charge in [-0.1, -0.05) is 22.9 Å². The second-order valence-electron chi connectivity index (χ2n) is 4.16. The molecule has 7 heteroatoms. The van der Waals surface area contributed by atoms with E-state index >= 15 is 0 Å². The number of ether oxygens (including phenoxy) is 2. The van der Waals surface area contributed by atoms with Crippen LogP contribution in [0.5, 0.6) is 5.75 Å². The van der Waals surface area contributed by atoms with E-state index in [1.54, 1.807) is 12.1 Å². The number of sulfonamides is 1. The topological polar surface area (TPSA) is 64.6 Å². The molecule has 0 radical (unpaired) electrons. The first-order valence-electron chi connectivity index (χ1n) is 6.42. The molecule has 0 heterocycles. The van der Waals surface area contributed by atoms with E-state index in [2.05, 4.69) is 20.7 Å². The highest BCUT2D eigenvalue weighted by atomic mass is 79.9. The Hall–Kier alpha value is -0.630. The van der Waals surface area contributed by atoms with Crippen LogP contribution in [0.25, 0.3) is 0 Å². The van der Waals surface area contributed by atoms with Crippen LogP contribution in [0.3, 0.4) is 0 Å². The lowest BCUT2D eigenvalue weighted by Crippen LogP contribution is -2.26. The molecule has 0 aliphatic rings. The minimum absolute atomic E-state index is 0.129. The van der Waals surface area contributed by atoms with Crippen LogP contribution in [-0.4, -0.2) is 35.3 Å². The summed E-state index contributed by atoms with van der Waals surface area (Å²) in [6, 6.07) is 4.87. The lowest BCUT2D eigenvalue weighted by Gasteiger charge is -2.11. The first kappa shape index (κ1) is 17.4. The molecule has 20 heavy (non-hydrogen) atoms. The molecule has 1 aromatic rings. The minimum atomic E-state index is -3.58. The van der Waals surface area contributed by atoms with Gasteiger partial charge in [0.05, 0.1) is 7.11 Å². The van der Waals surface area contributed by atoms with Gasteiger partial charge in [-0.15, -0.1) is 0 Å². The number of hydrogen-bond acceptors (Lipinski definition) is 4. The van der Waals surface area contributed by atoms with Gasteiger partial charge in [0.2, 0.25) is 10.0 Å². The molecule has 0 amide bonds. The van der Waals surface area contributed by atoms with Crippen LogP contribution in [-0.2, 0) is 14.8 Å². The molecule has 0 spiro atoms. The summed E-state index contributed by atoms with van der Waals surface area (Å²) in [6.45, 7) is 3.61. The lowest BCUT2D eigenvalue weighted by atomic mass is 10.3. The molecule has 0 saturated heterocycles. The van der Waals surface area contributed by atoms with Gasteiger partial charge in [0.15, 0.2) is 0 Å².